The third-order valence-corrected chi connectivity index (χ3v) is 3.79. The van der Waals surface area contributed by atoms with Gasteiger partial charge in [-0.2, -0.15) is 0 Å². The third-order valence-electron chi connectivity index (χ3n) is 2.74. The molecular formula is C14H14N2O3S. The van der Waals surface area contributed by atoms with Crippen LogP contribution >= 0.6 is 11.3 Å². The van der Waals surface area contributed by atoms with Gasteiger partial charge in [-0.15, -0.1) is 11.3 Å². The number of thiophene rings is 1. The van der Waals surface area contributed by atoms with Crippen LogP contribution in [0.5, 0.6) is 0 Å². The van der Waals surface area contributed by atoms with Gasteiger partial charge in [0.1, 0.15) is 11.5 Å². The first-order chi connectivity index (χ1) is 9.47. The van der Waals surface area contributed by atoms with Gasteiger partial charge in [-0.25, -0.2) is 4.79 Å². The molecule has 2 rings (SSSR count). The fourth-order valence-electron chi connectivity index (χ4n) is 1.63. The van der Waals surface area contributed by atoms with Gasteiger partial charge in [-0.1, -0.05) is 12.1 Å². The SMILES string of the molecule is Cc1sc(C(=O)OCc2cccc(C(N)=O)c2)cc1N. The molecule has 0 radical (unpaired) electrons. The molecule has 0 aliphatic heterocycles. The minimum atomic E-state index is -0.514. The topological polar surface area (TPSA) is 95.4 Å². The Labute approximate surface area is 120 Å². The second kappa shape index (κ2) is 5.75. The minimum Gasteiger partial charge on any atom is -0.457 e. The lowest BCUT2D eigenvalue weighted by Crippen LogP contribution is -2.11. The van der Waals surface area contributed by atoms with Gasteiger partial charge < -0.3 is 16.2 Å². The lowest BCUT2D eigenvalue weighted by Gasteiger charge is -2.04. The molecule has 0 aliphatic carbocycles. The first-order valence-corrected chi connectivity index (χ1v) is 6.71. The number of hydrogen-bond donors (Lipinski definition) is 2. The highest BCUT2D eigenvalue weighted by Gasteiger charge is 2.12. The van der Waals surface area contributed by atoms with Gasteiger partial charge in [0, 0.05) is 16.1 Å². The number of nitrogens with two attached hydrogens (primary N) is 2. The van der Waals surface area contributed by atoms with Crippen LogP contribution in [0.2, 0.25) is 0 Å². The molecule has 4 N–H and O–H groups in total. The van der Waals surface area contributed by atoms with Crippen LogP contribution in [0, 0.1) is 6.92 Å². The smallest absolute Gasteiger partial charge is 0.348 e. The number of carbonyl (C=O) groups excluding carboxylic acids is 2. The van der Waals surface area contributed by atoms with Crippen LogP contribution in [0.1, 0.15) is 30.5 Å². The van der Waals surface area contributed by atoms with Crippen LogP contribution in [-0.4, -0.2) is 11.9 Å². The predicted octanol–water partition coefficient (Wildman–Crippen LogP) is 2.09. The van der Waals surface area contributed by atoms with Crippen LogP contribution in [0.15, 0.2) is 30.3 Å². The van der Waals surface area contributed by atoms with E-state index in [1.165, 1.54) is 11.3 Å². The highest BCUT2D eigenvalue weighted by Crippen LogP contribution is 2.24. The van der Waals surface area contributed by atoms with Crippen molar-refractivity contribution in [2.24, 2.45) is 5.73 Å². The summed E-state index contributed by atoms with van der Waals surface area (Å²) in [5.74, 6) is -0.945. The molecule has 5 nitrogen and oxygen atoms in total. The second-order valence-corrected chi connectivity index (χ2v) is 5.52. The van der Waals surface area contributed by atoms with Gasteiger partial charge >= 0.3 is 5.97 Å². The number of nitrogen functional groups attached to an aromatic ring is 1. The highest BCUT2D eigenvalue weighted by molar-refractivity contribution is 7.14. The van der Waals surface area contributed by atoms with Gasteiger partial charge in [-0.05, 0) is 30.7 Å². The van der Waals surface area contributed by atoms with Crippen LogP contribution in [0.4, 0.5) is 5.69 Å². The largest absolute Gasteiger partial charge is 0.457 e. The molecule has 0 saturated heterocycles. The molecule has 1 aromatic heterocycles. The summed E-state index contributed by atoms with van der Waals surface area (Å²) in [4.78, 5) is 24.2. The van der Waals surface area contributed by atoms with E-state index >= 15 is 0 Å². The maximum Gasteiger partial charge on any atom is 0.348 e. The second-order valence-electron chi connectivity index (χ2n) is 4.26. The van der Waals surface area contributed by atoms with Crippen LogP contribution in [-0.2, 0) is 11.3 Å². The fourth-order valence-corrected chi connectivity index (χ4v) is 2.47. The van der Waals surface area contributed by atoms with Crippen molar-refractivity contribution in [1.82, 2.24) is 0 Å². The van der Waals surface area contributed by atoms with E-state index in [1.807, 2.05) is 6.92 Å². The lowest BCUT2D eigenvalue weighted by molar-refractivity contribution is 0.0478. The molecule has 0 unspecified atom stereocenters. The van der Waals surface area contributed by atoms with Gasteiger partial charge in [0.2, 0.25) is 5.91 Å². The van der Waals surface area contributed by atoms with E-state index in [0.29, 0.717) is 21.7 Å². The summed E-state index contributed by atoms with van der Waals surface area (Å²) in [6.45, 7) is 1.92. The van der Waals surface area contributed by atoms with Gasteiger partial charge in [0.25, 0.3) is 0 Å². The molecular weight excluding hydrogens is 276 g/mol. The molecule has 2 aromatic rings. The average Bonchev–Trinajstić information content (AvgIpc) is 2.76. The van der Waals surface area contributed by atoms with Crippen molar-refractivity contribution in [3.8, 4) is 0 Å². The van der Waals surface area contributed by atoms with Crippen LogP contribution < -0.4 is 11.5 Å². The maximum atomic E-state index is 11.8. The first-order valence-electron chi connectivity index (χ1n) is 5.89. The summed E-state index contributed by atoms with van der Waals surface area (Å²) >= 11 is 1.29. The number of primary amides is 1. The fraction of sp³-hybridized carbons (Fsp3) is 0.143. The number of rotatable bonds is 4. The van der Waals surface area contributed by atoms with E-state index in [1.54, 1.807) is 30.3 Å². The average molecular weight is 290 g/mol. The number of anilines is 1. The number of ether oxygens (including phenoxy) is 1. The molecule has 0 aliphatic rings. The molecule has 1 aromatic carbocycles. The van der Waals surface area contributed by atoms with Gasteiger partial charge in [0.15, 0.2) is 0 Å². The molecule has 6 heteroatoms. The Hall–Kier alpha value is -2.34. The first kappa shape index (κ1) is 14.1. The van der Waals surface area contributed by atoms with E-state index in [0.717, 1.165) is 4.88 Å². The summed E-state index contributed by atoms with van der Waals surface area (Å²) in [6.07, 6.45) is 0. The van der Waals surface area contributed by atoms with Gasteiger partial charge in [0.05, 0.1) is 0 Å². The van der Waals surface area contributed by atoms with Crippen molar-refractivity contribution in [1.29, 1.82) is 0 Å². The number of aryl methyl sites for hydroxylation is 1. The van der Waals surface area contributed by atoms with Crippen molar-refractivity contribution >= 4 is 28.9 Å². The quantitative estimate of drug-likeness (QED) is 0.843. The zero-order chi connectivity index (χ0) is 14.7. The molecule has 0 saturated carbocycles. The standard InChI is InChI=1S/C14H14N2O3S/c1-8-11(15)6-12(20-8)14(18)19-7-9-3-2-4-10(5-9)13(16)17/h2-6H,7,15H2,1H3,(H2,16,17). The normalized spacial score (nSPS) is 10.2. The summed E-state index contributed by atoms with van der Waals surface area (Å²) in [7, 11) is 0. The Kier molecular flexibility index (Phi) is 4.05. The van der Waals surface area contributed by atoms with E-state index in [2.05, 4.69) is 0 Å². The molecule has 0 bridgehead atoms. The zero-order valence-corrected chi connectivity index (χ0v) is 11.7. The van der Waals surface area contributed by atoms with Gasteiger partial charge in [-0.3, -0.25) is 4.79 Å². The lowest BCUT2D eigenvalue weighted by atomic mass is 10.1. The van der Waals surface area contributed by atoms with Crippen LogP contribution in [0.25, 0.3) is 0 Å². The van der Waals surface area contributed by atoms with E-state index in [9.17, 15) is 9.59 Å². The Morgan fingerprint density at radius 3 is 2.65 bits per heavy atom. The summed E-state index contributed by atoms with van der Waals surface area (Å²) < 4.78 is 5.18. The molecule has 1 amide bonds. The Bertz CT molecular complexity index is 645. The van der Waals surface area contributed by atoms with E-state index in [-0.39, 0.29) is 6.61 Å². The molecule has 0 atom stereocenters. The third kappa shape index (κ3) is 3.16. The number of benzene rings is 1. The Morgan fingerprint density at radius 1 is 1.30 bits per heavy atom. The number of amides is 1. The minimum absolute atomic E-state index is 0.0802. The Morgan fingerprint density at radius 2 is 2.05 bits per heavy atom. The number of carbonyl (C=O) groups is 2. The molecule has 20 heavy (non-hydrogen) atoms. The Balaban J connectivity index is 2.03. The molecule has 104 valence electrons. The predicted molar refractivity (Wildman–Crippen MR) is 77.5 cm³/mol. The number of esters is 1. The molecule has 0 spiro atoms. The van der Waals surface area contributed by atoms with E-state index in [4.69, 9.17) is 16.2 Å². The van der Waals surface area contributed by atoms with Crippen molar-refractivity contribution in [2.45, 2.75) is 13.5 Å². The monoisotopic (exact) mass is 290 g/mol. The van der Waals surface area contributed by atoms with Crippen molar-refractivity contribution in [3.05, 3.63) is 51.2 Å². The molecule has 0 fully saturated rings. The summed E-state index contributed by atoms with van der Waals surface area (Å²) in [5.41, 5.74) is 12.6. The maximum absolute atomic E-state index is 11.8. The molecule has 1 heterocycles. The summed E-state index contributed by atoms with van der Waals surface area (Å²) in [5, 5.41) is 0. The van der Waals surface area contributed by atoms with Crippen LogP contribution in [0.3, 0.4) is 0 Å². The van der Waals surface area contributed by atoms with Crippen molar-refractivity contribution in [2.75, 3.05) is 5.73 Å². The zero-order valence-electron chi connectivity index (χ0n) is 10.9. The van der Waals surface area contributed by atoms with Crippen molar-refractivity contribution in [3.63, 3.8) is 0 Å². The van der Waals surface area contributed by atoms with Crippen molar-refractivity contribution < 1.29 is 14.3 Å². The van der Waals surface area contributed by atoms with E-state index < -0.39 is 11.9 Å². The number of hydrogen-bond acceptors (Lipinski definition) is 5. The summed E-state index contributed by atoms with van der Waals surface area (Å²) in [6, 6.07) is 8.26. The highest BCUT2D eigenvalue weighted by atomic mass is 32.1.